The molecule has 0 aliphatic carbocycles. The lowest BCUT2D eigenvalue weighted by Gasteiger charge is -2.08. The maximum absolute atomic E-state index is 12.6. The molecule has 1 N–H and O–H groups in total. The molecule has 0 aliphatic rings. The molecule has 9 heteroatoms. The molecule has 31 heavy (non-hydrogen) atoms. The highest BCUT2D eigenvalue weighted by molar-refractivity contribution is 9.10. The molecular weight excluding hydrogens is 486 g/mol. The molecule has 1 aromatic heterocycles. The first-order valence-corrected chi connectivity index (χ1v) is 11.3. The van der Waals surface area contributed by atoms with Crippen LogP contribution in [0.15, 0.2) is 28.7 Å². The minimum absolute atomic E-state index is 0.147. The molecule has 0 spiro atoms. The zero-order valence-electron chi connectivity index (χ0n) is 17.7. The summed E-state index contributed by atoms with van der Waals surface area (Å²) in [5, 5.41) is 2.91. The van der Waals surface area contributed by atoms with Gasteiger partial charge < -0.3 is 19.5 Å². The highest BCUT2D eigenvalue weighted by Gasteiger charge is 2.27. The van der Waals surface area contributed by atoms with E-state index in [4.69, 9.17) is 14.2 Å². The third-order valence-electron chi connectivity index (χ3n) is 4.01. The fourth-order valence-electron chi connectivity index (χ4n) is 2.70. The Morgan fingerprint density at radius 1 is 1.06 bits per heavy atom. The van der Waals surface area contributed by atoms with Crippen molar-refractivity contribution in [1.29, 1.82) is 0 Å². The van der Waals surface area contributed by atoms with E-state index in [1.807, 2.05) is 19.1 Å². The summed E-state index contributed by atoms with van der Waals surface area (Å²) in [5.74, 6) is -0.998. The van der Waals surface area contributed by atoms with E-state index in [-0.39, 0.29) is 28.7 Å². The summed E-state index contributed by atoms with van der Waals surface area (Å²) in [5.41, 5.74) is 1.27. The van der Waals surface area contributed by atoms with Gasteiger partial charge in [0.1, 0.15) is 15.6 Å². The number of benzene rings is 1. The number of carbonyl (C=O) groups excluding carboxylic acids is 3. The molecule has 7 nitrogen and oxygen atoms in total. The molecule has 0 unspecified atom stereocenters. The van der Waals surface area contributed by atoms with Crippen LogP contribution in [0.2, 0.25) is 0 Å². The molecular formula is C22H24BrNO6S. The number of rotatable bonds is 9. The minimum atomic E-state index is -0.614. The molecule has 0 fully saturated rings. The molecule has 0 radical (unpaired) electrons. The lowest BCUT2D eigenvalue weighted by molar-refractivity contribution is -0.111. The Morgan fingerprint density at radius 2 is 1.74 bits per heavy atom. The second-order valence-corrected chi connectivity index (χ2v) is 8.08. The Balaban J connectivity index is 2.32. The third kappa shape index (κ3) is 6.41. The summed E-state index contributed by atoms with van der Waals surface area (Å²) in [7, 11) is 0. The van der Waals surface area contributed by atoms with Crippen molar-refractivity contribution in [3.05, 3.63) is 50.3 Å². The quantitative estimate of drug-likeness (QED) is 0.367. The Kier molecular flexibility index (Phi) is 9.26. The van der Waals surface area contributed by atoms with Crippen LogP contribution in [0.1, 0.15) is 51.9 Å². The van der Waals surface area contributed by atoms with Gasteiger partial charge in [0, 0.05) is 16.1 Å². The molecule has 0 bridgehead atoms. The molecule has 1 aromatic carbocycles. The predicted molar refractivity (Wildman–Crippen MR) is 124 cm³/mol. The molecule has 0 atom stereocenters. The highest BCUT2D eigenvalue weighted by atomic mass is 79.9. The van der Waals surface area contributed by atoms with E-state index < -0.39 is 17.8 Å². The van der Waals surface area contributed by atoms with Crippen LogP contribution in [0.4, 0.5) is 5.00 Å². The van der Waals surface area contributed by atoms with Gasteiger partial charge >= 0.3 is 11.9 Å². The summed E-state index contributed by atoms with van der Waals surface area (Å²) in [4.78, 5) is 37.5. The second kappa shape index (κ2) is 11.7. The molecule has 1 amide bonds. The average molecular weight is 510 g/mol. The van der Waals surface area contributed by atoms with E-state index in [9.17, 15) is 14.4 Å². The van der Waals surface area contributed by atoms with Gasteiger partial charge in [-0.1, -0.05) is 15.9 Å². The van der Waals surface area contributed by atoms with Crippen molar-refractivity contribution < 1.29 is 28.6 Å². The Bertz CT molecular complexity index is 998. The summed E-state index contributed by atoms with van der Waals surface area (Å²) >= 11 is 4.38. The van der Waals surface area contributed by atoms with E-state index in [1.165, 1.54) is 6.08 Å². The molecule has 1 heterocycles. The van der Waals surface area contributed by atoms with Gasteiger partial charge in [-0.3, -0.25) is 4.79 Å². The number of hydrogen-bond donors (Lipinski definition) is 1. The van der Waals surface area contributed by atoms with Crippen LogP contribution in [0.3, 0.4) is 0 Å². The first kappa shape index (κ1) is 24.6. The maximum atomic E-state index is 12.6. The largest absolute Gasteiger partial charge is 0.493 e. The smallest absolute Gasteiger partial charge is 0.348 e. The standard InChI is InChI=1S/C22H24BrNO6S/c1-5-28-16-10-9-15(23)12-14(16)8-11-17(25)24-20-18(21(26)29-6-2)13(4)19(31-20)22(27)30-7-3/h8-12H,5-7H2,1-4H3,(H,24,25)/b11-8+. The van der Waals surface area contributed by atoms with Crippen molar-refractivity contribution >= 4 is 56.2 Å². The first-order chi connectivity index (χ1) is 14.8. The fourth-order valence-corrected chi connectivity index (χ4v) is 4.17. The van der Waals surface area contributed by atoms with Crippen molar-refractivity contribution in [1.82, 2.24) is 0 Å². The van der Waals surface area contributed by atoms with Crippen LogP contribution in [-0.2, 0) is 14.3 Å². The van der Waals surface area contributed by atoms with Crippen molar-refractivity contribution in [2.75, 3.05) is 25.1 Å². The number of ether oxygens (including phenoxy) is 3. The van der Waals surface area contributed by atoms with Gasteiger partial charge in [0.05, 0.1) is 25.4 Å². The maximum Gasteiger partial charge on any atom is 0.348 e. The summed E-state index contributed by atoms with van der Waals surface area (Å²) in [6.45, 7) is 7.72. The predicted octanol–water partition coefficient (Wildman–Crippen LogP) is 5.22. The van der Waals surface area contributed by atoms with Crippen molar-refractivity contribution in [2.45, 2.75) is 27.7 Å². The molecule has 2 rings (SSSR count). The van der Waals surface area contributed by atoms with Gasteiger partial charge in [0.25, 0.3) is 0 Å². The molecule has 0 aliphatic heterocycles. The summed E-state index contributed by atoms with van der Waals surface area (Å²) in [6, 6.07) is 5.48. The molecule has 0 saturated carbocycles. The Labute approximate surface area is 193 Å². The first-order valence-electron chi connectivity index (χ1n) is 9.71. The number of hydrogen-bond acceptors (Lipinski definition) is 7. The van der Waals surface area contributed by atoms with E-state index in [0.29, 0.717) is 23.5 Å². The van der Waals surface area contributed by atoms with Crippen LogP contribution in [0.5, 0.6) is 5.75 Å². The Hall–Kier alpha value is -2.65. The van der Waals surface area contributed by atoms with Gasteiger partial charge in [-0.05, 0) is 57.5 Å². The van der Waals surface area contributed by atoms with E-state index in [1.54, 1.807) is 32.9 Å². The molecule has 2 aromatic rings. The lowest BCUT2D eigenvalue weighted by Crippen LogP contribution is -2.13. The van der Waals surface area contributed by atoms with Gasteiger partial charge in [-0.25, -0.2) is 9.59 Å². The Morgan fingerprint density at radius 3 is 2.39 bits per heavy atom. The van der Waals surface area contributed by atoms with Gasteiger partial charge in [0.15, 0.2) is 0 Å². The molecule has 0 saturated heterocycles. The third-order valence-corrected chi connectivity index (χ3v) is 5.69. The normalized spacial score (nSPS) is 10.7. The number of halogens is 1. The van der Waals surface area contributed by atoms with Crippen molar-refractivity contribution in [2.24, 2.45) is 0 Å². The van der Waals surface area contributed by atoms with Crippen LogP contribution < -0.4 is 10.1 Å². The zero-order valence-corrected chi connectivity index (χ0v) is 20.1. The number of thiophene rings is 1. The highest BCUT2D eigenvalue weighted by Crippen LogP contribution is 2.34. The van der Waals surface area contributed by atoms with Crippen molar-refractivity contribution in [3.8, 4) is 5.75 Å². The van der Waals surface area contributed by atoms with Gasteiger partial charge in [-0.15, -0.1) is 11.3 Å². The summed E-state index contributed by atoms with van der Waals surface area (Å²) in [6.07, 6.45) is 2.94. The van der Waals surface area contributed by atoms with Gasteiger partial charge in [0.2, 0.25) is 5.91 Å². The number of nitrogens with one attached hydrogen (secondary N) is 1. The fraction of sp³-hybridized carbons (Fsp3) is 0.318. The SMILES string of the molecule is CCOC(=O)c1sc(NC(=O)/C=C/c2cc(Br)ccc2OCC)c(C(=O)OCC)c1C. The number of carbonyl (C=O) groups is 3. The van der Waals surface area contributed by atoms with Crippen LogP contribution >= 0.6 is 27.3 Å². The van der Waals surface area contributed by atoms with E-state index >= 15 is 0 Å². The zero-order chi connectivity index (χ0) is 23.0. The van der Waals surface area contributed by atoms with E-state index in [2.05, 4.69) is 21.2 Å². The second-order valence-electron chi connectivity index (χ2n) is 6.14. The lowest BCUT2D eigenvalue weighted by atomic mass is 10.1. The number of amides is 1. The van der Waals surface area contributed by atoms with Gasteiger partial charge in [-0.2, -0.15) is 0 Å². The summed E-state index contributed by atoms with van der Waals surface area (Å²) < 4.78 is 16.6. The van der Waals surface area contributed by atoms with E-state index in [0.717, 1.165) is 15.8 Å². The van der Waals surface area contributed by atoms with Crippen LogP contribution in [-0.4, -0.2) is 37.7 Å². The van der Waals surface area contributed by atoms with Crippen molar-refractivity contribution in [3.63, 3.8) is 0 Å². The topological polar surface area (TPSA) is 90.9 Å². The number of esters is 2. The van der Waals surface area contributed by atoms with Crippen LogP contribution in [0, 0.1) is 6.92 Å². The van der Waals surface area contributed by atoms with Crippen LogP contribution in [0.25, 0.3) is 6.08 Å². The average Bonchev–Trinajstić information content (AvgIpc) is 3.04. The number of anilines is 1. The molecule has 166 valence electrons. The minimum Gasteiger partial charge on any atom is -0.493 e. The monoisotopic (exact) mass is 509 g/mol.